The van der Waals surface area contributed by atoms with Gasteiger partial charge in [-0.1, -0.05) is 0 Å². The molecule has 0 aliphatic rings. The van der Waals surface area contributed by atoms with Crippen molar-refractivity contribution in [2.24, 2.45) is 5.73 Å². The molecule has 0 aliphatic heterocycles. The zero-order valence-electron chi connectivity index (χ0n) is 10.5. The highest BCUT2D eigenvalue weighted by Gasteiger charge is 2.20. The number of hydrogen-bond donors (Lipinski definition) is 2. The molecule has 0 rings (SSSR count). The smallest absolute Gasteiger partial charge is 0.211 e. The number of ether oxygens (including phenoxy) is 1. The van der Waals surface area contributed by atoms with E-state index in [0.29, 0.717) is 26.1 Å². The van der Waals surface area contributed by atoms with E-state index in [0.717, 1.165) is 6.42 Å². The second kappa shape index (κ2) is 7.21. The first-order chi connectivity index (χ1) is 7.33. The van der Waals surface area contributed by atoms with E-state index in [2.05, 4.69) is 4.72 Å². The van der Waals surface area contributed by atoms with Gasteiger partial charge in [-0.2, -0.15) is 0 Å². The minimum absolute atomic E-state index is 0.131. The molecule has 0 aromatic carbocycles. The molecular formula is C10H24N2O3S. The van der Waals surface area contributed by atoms with Gasteiger partial charge in [0, 0.05) is 13.2 Å². The van der Waals surface area contributed by atoms with Crippen LogP contribution in [0, 0.1) is 0 Å². The van der Waals surface area contributed by atoms with Gasteiger partial charge < -0.3 is 10.5 Å². The van der Waals surface area contributed by atoms with Gasteiger partial charge >= 0.3 is 0 Å². The Labute approximate surface area is 98.8 Å². The summed E-state index contributed by atoms with van der Waals surface area (Å²) >= 11 is 0. The Kier molecular flexibility index (Phi) is 7.14. The fourth-order valence-corrected chi connectivity index (χ4v) is 2.53. The molecule has 0 atom stereocenters. The van der Waals surface area contributed by atoms with Crippen LogP contribution in [-0.2, 0) is 14.8 Å². The molecule has 0 bridgehead atoms. The summed E-state index contributed by atoms with van der Waals surface area (Å²) in [4.78, 5) is 0. The first-order valence-electron chi connectivity index (χ1n) is 5.64. The topological polar surface area (TPSA) is 81.4 Å². The fraction of sp³-hybridized carbons (Fsp3) is 1.00. The summed E-state index contributed by atoms with van der Waals surface area (Å²) in [7, 11) is -3.19. The van der Waals surface area contributed by atoms with Crippen molar-refractivity contribution in [3.05, 3.63) is 0 Å². The molecule has 5 nitrogen and oxygen atoms in total. The molecule has 0 aromatic heterocycles. The van der Waals surface area contributed by atoms with Crippen LogP contribution in [0.15, 0.2) is 0 Å². The molecule has 0 unspecified atom stereocenters. The van der Waals surface area contributed by atoms with Crippen LogP contribution < -0.4 is 10.5 Å². The standard InChI is InChI=1S/C10H24N2O3S/c1-4-15-10(2,3)9-12-16(13,14)8-6-5-7-11/h12H,4-9,11H2,1-3H3. The lowest BCUT2D eigenvalue weighted by Gasteiger charge is -2.24. The summed E-state index contributed by atoms with van der Waals surface area (Å²) in [5.74, 6) is 0.131. The van der Waals surface area contributed by atoms with E-state index in [4.69, 9.17) is 10.5 Å². The number of nitrogens with one attached hydrogen (secondary N) is 1. The summed E-state index contributed by atoms with van der Waals surface area (Å²) in [5.41, 5.74) is 4.84. The van der Waals surface area contributed by atoms with E-state index in [1.54, 1.807) is 0 Å². The zero-order chi connectivity index (χ0) is 12.7. The molecule has 0 heterocycles. The highest BCUT2D eigenvalue weighted by atomic mass is 32.2. The minimum Gasteiger partial charge on any atom is -0.375 e. The lowest BCUT2D eigenvalue weighted by Crippen LogP contribution is -2.41. The molecule has 0 aromatic rings. The van der Waals surface area contributed by atoms with Crippen LogP contribution in [0.25, 0.3) is 0 Å². The van der Waals surface area contributed by atoms with Crippen LogP contribution in [0.1, 0.15) is 33.6 Å². The molecule has 0 aliphatic carbocycles. The van der Waals surface area contributed by atoms with E-state index in [-0.39, 0.29) is 5.75 Å². The number of rotatable bonds is 9. The highest BCUT2D eigenvalue weighted by molar-refractivity contribution is 7.89. The van der Waals surface area contributed by atoms with Gasteiger partial charge in [-0.3, -0.25) is 0 Å². The lowest BCUT2D eigenvalue weighted by molar-refractivity contribution is -0.00515. The van der Waals surface area contributed by atoms with Crippen molar-refractivity contribution in [3.63, 3.8) is 0 Å². The van der Waals surface area contributed by atoms with Gasteiger partial charge in [-0.15, -0.1) is 0 Å². The maximum absolute atomic E-state index is 11.5. The molecule has 0 saturated heterocycles. The van der Waals surface area contributed by atoms with Crippen LogP contribution in [0.5, 0.6) is 0 Å². The number of hydrogen-bond acceptors (Lipinski definition) is 4. The monoisotopic (exact) mass is 252 g/mol. The third-order valence-corrected chi connectivity index (χ3v) is 3.53. The van der Waals surface area contributed by atoms with Crippen LogP contribution in [-0.4, -0.2) is 39.5 Å². The Morgan fingerprint density at radius 3 is 2.44 bits per heavy atom. The van der Waals surface area contributed by atoms with E-state index in [1.807, 2.05) is 20.8 Å². The third-order valence-electron chi connectivity index (χ3n) is 2.12. The van der Waals surface area contributed by atoms with Gasteiger partial charge in [0.2, 0.25) is 10.0 Å². The molecule has 6 heteroatoms. The Balaban J connectivity index is 3.98. The summed E-state index contributed by atoms with van der Waals surface area (Å²) in [5, 5.41) is 0. The van der Waals surface area contributed by atoms with Gasteiger partial charge in [-0.25, -0.2) is 13.1 Å². The minimum atomic E-state index is -3.19. The molecular weight excluding hydrogens is 228 g/mol. The second-order valence-electron chi connectivity index (χ2n) is 4.33. The molecule has 16 heavy (non-hydrogen) atoms. The first-order valence-corrected chi connectivity index (χ1v) is 7.29. The van der Waals surface area contributed by atoms with E-state index in [1.165, 1.54) is 0 Å². The largest absolute Gasteiger partial charge is 0.375 e. The zero-order valence-corrected chi connectivity index (χ0v) is 11.3. The van der Waals surface area contributed by atoms with E-state index in [9.17, 15) is 8.42 Å². The van der Waals surface area contributed by atoms with Gasteiger partial charge in [0.05, 0.1) is 11.4 Å². The second-order valence-corrected chi connectivity index (χ2v) is 6.25. The number of sulfonamides is 1. The average molecular weight is 252 g/mol. The maximum Gasteiger partial charge on any atom is 0.211 e. The van der Waals surface area contributed by atoms with Crippen molar-refractivity contribution in [1.82, 2.24) is 4.72 Å². The molecule has 0 radical (unpaired) electrons. The Hall–Kier alpha value is -0.170. The Bertz CT molecular complexity index is 276. The summed E-state index contributed by atoms with van der Waals surface area (Å²) in [6.45, 7) is 7.00. The third kappa shape index (κ3) is 8.04. The van der Waals surface area contributed by atoms with Gasteiger partial charge in [0.15, 0.2) is 0 Å². The van der Waals surface area contributed by atoms with Crippen LogP contribution in [0.4, 0.5) is 0 Å². The van der Waals surface area contributed by atoms with E-state index >= 15 is 0 Å². The van der Waals surface area contributed by atoms with E-state index < -0.39 is 15.6 Å². The van der Waals surface area contributed by atoms with Crippen LogP contribution in [0.3, 0.4) is 0 Å². The van der Waals surface area contributed by atoms with Gasteiger partial charge in [0.25, 0.3) is 0 Å². The number of unbranched alkanes of at least 4 members (excludes halogenated alkanes) is 1. The summed E-state index contributed by atoms with van der Waals surface area (Å²) < 4.78 is 31.1. The molecule has 0 fully saturated rings. The van der Waals surface area contributed by atoms with Crippen molar-refractivity contribution in [3.8, 4) is 0 Å². The van der Waals surface area contributed by atoms with Gasteiger partial charge in [0.1, 0.15) is 0 Å². The normalized spacial score (nSPS) is 13.0. The fourth-order valence-electron chi connectivity index (χ4n) is 1.23. The maximum atomic E-state index is 11.5. The Morgan fingerprint density at radius 1 is 1.31 bits per heavy atom. The Morgan fingerprint density at radius 2 is 1.94 bits per heavy atom. The van der Waals surface area contributed by atoms with Crippen LogP contribution in [0.2, 0.25) is 0 Å². The van der Waals surface area contributed by atoms with Crippen molar-refractivity contribution >= 4 is 10.0 Å². The predicted molar refractivity (Wildman–Crippen MR) is 65.8 cm³/mol. The lowest BCUT2D eigenvalue weighted by atomic mass is 10.1. The van der Waals surface area contributed by atoms with Crippen molar-refractivity contribution in [2.45, 2.75) is 39.2 Å². The summed E-state index contributed by atoms with van der Waals surface area (Å²) in [6.07, 6.45) is 1.33. The molecule has 0 saturated carbocycles. The van der Waals surface area contributed by atoms with Gasteiger partial charge in [-0.05, 0) is 40.2 Å². The number of nitrogens with two attached hydrogens (primary N) is 1. The quantitative estimate of drug-likeness (QED) is 0.584. The molecule has 3 N–H and O–H groups in total. The molecule has 0 amide bonds. The highest BCUT2D eigenvalue weighted by Crippen LogP contribution is 2.07. The first kappa shape index (κ1) is 15.8. The predicted octanol–water partition coefficient (Wildman–Crippen LogP) is 0.460. The van der Waals surface area contributed by atoms with Crippen molar-refractivity contribution < 1.29 is 13.2 Å². The van der Waals surface area contributed by atoms with Crippen molar-refractivity contribution in [2.75, 3.05) is 25.4 Å². The molecule has 0 spiro atoms. The summed E-state index contributed by atoms with van der Waals surface area (Å²) in [6, 6.07) is 0. The SMILES string of the molecule is CCOC(C)(C)CNS(=O)(=O)CCCCN. The molecule has 98 valence electrons. The van der Waals surface area contributed by atoms with Crippen molar-refractivity contribution in [1.29, 1.82) is 0 Å². The van der Waals surface area contributed by atoms with Crippen LogP contribution >= 0.6 is 0 Å². The average Bonchev–Trinajstić information content (AvgIpc) is 2.16.